The highest BCUT2D eigenvalue weighted by Crippen LogP contribution is 2.33. The van der Waals surface area contributed by atoms with Crippen LogP contribution in [0.1, 0.15) is 28.8 Å². The molecule has 8 nitrogen and oxygen atoms in total. The van der Waals surface area contributed by atoms with E-state index in [1.165, 1.54) is 12.2 Å². The van der Waals surface area contributed by atoms with Gasteiger partial charge in [0.25, 0.3) is 0 Å². The zero-order valence-corrected chi connectivity index (χ0v) is 18.9. The van der Waals surface area contributed by atoms with Crippen LogP contribution in [0, 0.1) is 5.92 Å². The van der Waals surface area contributed by atoms with Gasteiger partial charge in [0.1, 0.15) is 19.3 Å². The first-order chi connectivity index (χ1) is 16.0. The Balaban J connectivity index is 2.31. The summed E-state index contributed by atoms with van der Waals surface area (Å²) in [5, 5.41) is 1.88. The van der Waals surface area contributed by atoms with Crippen LogP contribution in [-0.2, 0) is 25.2 Å². The van der Waals surface area contributed by atoms with Crippen LogP contribution >= 0.6 is 12.6 Å². The maximum atomic E-state index is 13.4. The number of esters is 1. The first-order valence-corrected chi connectivity index (χ1v) is 10.5. The van der Waals surface area contributed by atoms with E-state index in [-0.39, 0.29) is 38.3 Å². The Hall–Kier alpha value is -3.28. The third-order valence-corrected chi connectivity index (χ3v) is 4.99. The number of alkyl halides is 3. The van der Waals surface area contributed by atoms with Gasteiger partial charge in [-0.15, -0.1) is 12.6 Å². The molecule has 0 unspecified atom stereocenters. The molecule has 184 valence electrons. The monoisotopic (exact) mass is 500 g/mol. The zero-order valence-electron chi connectivity index (χ0n) is 18.0. The summed E-state index contributed by atoms with van der Waals surface area (Å²) in [6, 6.07) is 1.17. The van der Waals surface area contributed by atoms with Crippen LogP contribution in [0.2, 0.25) is 0 Å². The van der Waals surface area contributed by atoms with Gasteiger partial charge < -0.3 is 14.8 Å². The van der Waals surface area contributed by atoms with Crippen LogP contribution in [0.25, 0.3) is 0 Å². The van der Waals surface area contributed by atoms with Crippen molar-refractivity contribution in [2.24, 2.45) is 5.92 Å². The van der Waals surface area contributed by atoms with Gasteiger partial charge in [0.15, 0.2) is 5.12 Å². The molecule has 2 rings (SSSR count). The summed E-state index contributed by atoms with van der Waals surface area (Å²) >= 11 is 3.72. The Morgan fingerprint density at radius 3 is 2.35 bits per heavy atom. The molecule has 1 aliphatic rings. The summed E-state index contributed by atoms with van der Waals surface area (Å²) in [5.41, 5.74) is -1.93. The van der Waals surface area contributed by atoms with E-state index in [2.05, 4.69) is 31.1 Å². The number of anilines is 1. The van der Waals surface area contributed by atoms with Crippen LogP contribution in [0.5, 0.6) is 0 Å². The van der Waals surface area contributed by atoms with Crippen molar-refractivity contribution in [2.75, 3.05) is 25.1 Å². The predicted molar refractivity (Wildman–Crippen MR) is 119 cm³/mol. The van der Waals surface area contributed by atoms with Gasteiger partial charge in [-0.05, 0) is 30.5 Å². The lowest BCUT2D eigenvalue weighted by Crippen LogP contribution is -2.43. The lowest BCUT2D eigenvalue weighted by atomic mass is 10.0. The van der Waals surface area contributed by atoms with Crippen molar-refractivity contribution >= 4 is 41.4 Å². The first kappa shape index (κ1) is 27.0. The Morgan fingerprint density at radius 1 is 1.12 bits per heavy atom. The first-order valence-electron chi connectivity index (χ1n) is 10.0. The number of rotatable bonds is 9. The molecule has 1 heterocycles. The van der Waals surface area contributed by atoms with Gasteiger partial charge in [-0.2, -0.15) is 13.2 Å². The fourth-order valence-corrected chi connectivity index (χ4v) is 3.66. The molecule has 1 saturated heterocycles. The second-order valence-corrected chi connectivity index (χ2v) is 7.91. The summed E-state index contributed by atoms with van der Waals surface area (Å²) in [4.78, 5) is 49.9. The number of benzene rings is 1. The molecular weight excluding hydrogens is 477 g/mol. The highest BCUT2D eigenvalue weighted by Gasteiger charge is 2.41. The van der Waals surface area contributed by atoms with E-state index in [0.29, 0.717) is 12.1 Å². The summed E-state index contributed by atoms with van der Waals surface area (Å²) in [6.07, 6.45) is -3.02. The van der Waals surface area contributed by atoms with Gasteiger partial charge in [0, 0.05) is 18.7 Å². The number of thiol groups is 1. The molecule has 0 spiro atoms. The minimum Gasteiger partial charge on any atom is -0.458 e. The van der Waals surface area contributed by atoms with Crippen molar-refractivity contribution in [1.82, 2.24) is 4.90 Å². The Bertz CT molecular complexity index is 982. The van der Waals surface area contributed by atoms with Crippen LogP contribution in [0.15, 0.2) is 43.5 Å². The Morgan fingerprint density at radius 2 is 1.76 bits per heavy atom. The van der Waals surface area contributed by atoms with Crippen LogP contribution < -0.4 is 5.32 Å². The number of likely N-dealkylation sites (tertiary alicyclic amines) is 1. The van der Waals surface area contributed by atoms with E-state index < -0.39 is 52.3 Å². The van der Waals surface area contributed by atoms with Crippen molar-refractivity contribution in [3.63, 3.8) is 0 Å². The minimum atomic E-state index is -4.81. The predicted octanol–water partition coefficient (Wildman–Crippen LogP) is 3.85. The van der Waals surface area contributed by atoms with E-state index >= 15 is 0 Å². The number of nitrogens with one attached hydrogen (secondary N) is 1. The molecule has 0 aliphatic carbocycles. The number of nitrogens with zero attached hydrogens (tertiary/aromatic N) is 1. The Kier molecular flexibility index (Phi) is 9.30. The number of carbonyl (C=O) groups is 4. The average Bonchev–Trinajstić information content (AvgIpc) is 3.18. The maximum Gasteiger partial charge on any atom is 0.416 e. The quantitative estimate of drug-likeness (QED) is 0.304. The molecule has 1 N–H and O–H groups in total. The Labute approximate surface area is 199 Å². The van der Waals surface area contributed by atoms with Crippen LogP contribution in [0.4, 0.5) is 23.7 Å². The maximum absolute atomic E-state index is 13.4. The number of ether oxygens (including phenoxy) is 2. The fraction of sp³-hybridized carbons (Fsp3) is 0.364. The molecule has 1 fully saturated rings. The van der Waals surface area contributed by atoms with Gasteiger partial charge in [-0.3, -0.25) is 14.5 Å². The number of amides is 2. The van der Waals surface area contributed by atoms with Gasteiger partial charge in [-0.25, -0.2) is 9.59 Å². The van der Waals surface area contributed by atoms with Gasteiger partial charge in [0.05, 0.1) is 11.1 Å². The smallest absolute Gasteiger partial charge is 0.416 e. The molecule has 1 aromatic carbocycles. The SMILES string of the molecule is C=CCOC(=O)c1cc(NC(=O)[C@@H]2C[C@@H](CC(=O)S)CN2C(=O)OCC=C)cc(C(F)(F)F)c1. The van der Waals surface area contributed by atoms with E-state index in [1.807, 2.05) is 0 Å². The number of halogens is 3. The third-order valence-electron chi connectivity index (χ3n) is 4.81. The fourth-order valence-electron chi connectivity index (χ4n) is 3.41. The second kappa shape index (κ2) is 11.7. The molecule has 0 aromatic heterocycles. The number of hydrogen-bond donors (Lipinski definition) is 2. The van der Waals surface area contributed by atoms with Gasteiger partial charge in [0.2, 0.25) is 5.91 Å². The van der Waals surface area contributed by atoms with Crippen molar-refractivity contribution < 1.29 is 41.8 Å². The summed E-state index contributed by atoms with van der Waals surface area (Å²) in [6.45, 7) is 6.47. The van der Waals surface area contributed by atoms with Crippen molar-refractivity contribution in [1.29, 1.82) is 0 Å². The third kappa shape index (κ3) is 7.37. The van der Waals surface area contributed by atoms with E-state index in [1.54, 1.807) is 0 Å². The molecule has 0 bridgehead atoms. The van der Waals surface area contributed by atoms with Crippen LogP contribution in [-0.4, -0.2) is 53.8 Å². The molecule has 1 aliphatic heterocycles. The lowest BCUT2D eigenvalue weighted by molar-refractivity contribution is -0.137. The number of hydrogen-bond acceptors (Lipinski definition) is 6. The second-order valence-electron chi connectivity index (χ2n) is 7.41. The standard InChI is InChI=1S/C22H23F3N2O6S/c1-3-5-32-20(30)14-9-15(22(23,24)25)11-16(10-14)26-19(29)17-7-13(8-18(28)34)12-27(17)21(31)33-6-4-2/h3-4,9-11,13,17H,1-2,5-8,12H2,(H,26,29)(H,28,34)/t13-,17-/m0/s1. The molecule has 12 heteroatoms. The zero-order chi connectivity index (χ0) is 25.5. The van der Waals surface area contributed by atoms with Crippen molar-refractivity contribution in [3.05, 3.63) is 54.6 Å². The molecule has 0 saturated carbocycles. The average molecular weight is 500 g/mol. The normalized spacial score (nSPS) is 17.6. The highest BCUT2D eigenvalue weighted by atomic mass is 32.1. The molecule has 34 heavy (non-hydrogen) atoms. The van der Waals surface area contributed by atoms with Crippen molar-refractivity contribution in [3.8, 4) is 0 Å². The summed E-state index contributed by atoms with van der Waals surface area (Å²) < 4.78 is 49.9. The number of carbonyl (C=O) groups excluding carboxylic acids is 4. The highest BCUT2D eigenvalue weighted by molar-refractivity contribution is 7.96. The van der Waals surface area contributed by atoms with E-state index in [4.69, 9.17) is 9.47 Å². The minimum absolute atomic E-state index is 0.0129. The summed E-state index contributed by atoms with van der Waals surface area (Å²) in [5.74, 6) is -2.25. The molecule has 2 amide bonds. The van der Waals surface area contributed by atoms with Crippen LogP contribution in [0.3, 0.4) is 0 Å². The molecule has 2 atom stereocenters. The summed E-state index contributed by atoms with van der Waals surface area (Å²) in [7, 11) is 0. The lowest BCUT2D eigenvalue weighted by Gasteiger charge is -2.23. The molecular formula is C22H23F3N2O6S. The van der Waals surface area contributed by atoms with Gasteiger partial charge in [-0.1, -0.05) is 25.3 Å². The topological polar surface area (TPSA) is 102 Å². The molecule has 0 radical (unpaired) electrons. The van der Waals surface area contributed by atoms with E-state index in [0.717, 1.165) is 11.0 Å². The van der Waals surface area contributed by atoms with Crippen molar-refractivity contribution in [2.45, 2.75) is 25.1 Å². The molecule has 1 aromatic rings. The van der Waals surface area contributed by atoms with Gasteiger partial charge >= 0.3 is 18.2 Å². The van der Waals surface area contributed by atoms with E-state index in [9.17, 15) is 32.3 Å². The largest absolute Gasteiger partial charge is 0.458 e.